The predicted molar refractivity (Wildman–Crippen MR) is 69.4 cm³/mol. The molecular weight excluding hydrogens is 305 g/mol. The molecule has 1 unspecified atom stereocenters. The van der Waals surface area contributed by atoms with Crippen molar-refractivity contribution in [3.05, 3.63) is 34.1 Å². The third-order valence-corrected chi connectivity index (χ3v) is 4.62. The summed E-state index contributed by atoms with van der Waals surface area (Å²) in [7, 11) is -2.58. The maximum Gasteiger partial charge on any atom is 0.304 e. The molecule has 1 atom stereocenters. The Morgan fingerprint density at radius 3 is 2.62 bits per heavy atom. The molecule has 8 nitrogen and oxygen atoms in total. The Kier molecular flexibility index (Phi) is 3.92. The van der Waals surface area contributed by atoms with Gasteiger partial charge in [0.2, 0.25) is 21.7 Å². The third kappa shape index (κ3) is 3.00. The Hall–Kier alpha value is -2.07. The maximum absolute atomic E-state index is 13.5. The number of hydrogen-bond acceptors (Lipinski definition) is 5. The summed E-state index contributed by atoms with van der Waals surface area (Å²) in [6.45, 7) is 0.417. The predicted octanol–water partition coefficient (Wildman–Crippen LogP) is 0.243. The van der Waals surface area contributed by atoms with Crippen LogP contribution in [0.1, 0.15) is 6.42 Å². The first kappa shape index (κ1) is 15.3. The van der Waals surface area contributed by atoms with Gasteiger partial charge < -0.3 is 4.90 Å². The standard InChI is InChI=1S/C11H12FN3O5S/c1-14-5-4-9(11(14)16)13-21(19,20)7-2-3-10(15(17)18)8(12)6-7/h2-3,6,9,13H,4-5H2,1H3. The Balaban J connectivity index is 2.26. The Morgan fingerprint density at radius 1 is 1.48 bits per heavy atom. The van der Waals surface area contributed by atoms with E-state index in [1.54, 1.807) is 7.05 Å². The average Bonchev–Trinajstić information content (AvgIpc) is 2.69. The fourth-order valence-electron chi connectivity index (χ4n) is 1.99. The highest BCUT2D eigenvalue weighted by molar-refractivity contribution is 7.89. The molecule has 1 heterocycles. The van der Waals surface area contributed by atoms with Gasteiger partial charge in [0.05, 0.1) is 9.82 Å². The van der Waals surface area contributed by atoms with Crippen molar-refractivity contribution in [1.29, 1.82) is 0 Å². The molecule has 1 aliphatic rings. The molecule has 114 valence electrons. The monoisotopic (exact) mass is 317 g/mol. The van der Waals surface area contributed by atoms with E-state index < -0.39 is 37.4 Å². The molecule has 1 amide bonds. The molecule has 10 heteroatoms. The third-order valence-electron chi connectivity index (χ3n) is 3.15. The van der Waals surface area contributed by atoms with Gasteiger partial charge in [-0.05, 0) is 12.5 Å². The lowest BCUT2D eigenvalue weighted by Gasteiger charge is -2.12. The molecule has 0 bridgehead atoms. The Labute approximate surface area is 119 Å². The highest BCUT2D eigenvalue weighted by Crippen LogP contribution is 2.21. The van der Waals surface area contributed by atoms with Gasteiger partial charge in [-0.3, -0.25) is 14.9 Å². The lowest BCUT2D eigenvalue weighted by Crippen LogP contribution is -2.40. The molecule has 0 saturated carbocycles. The van der Waals surface area contributed by atoms with Gasteiger partial charge in [0.25, 0.3) is 0 Å². The summed E-state index contributed by atoms with van der Waals surface area (Å²) in [6, 6.07) is 1.35. The van der Waals surface area contributed by atoms with E-state index in [0.717, 1.165) is 12.1 Å². The van der Waals surface area contributed by atoms with E-state index in [1.165, 1.54) is 4.90 Å². The molecule has 1 aliphatic heterocycles. The number of nitro benzene ring substituents is 1. The fraction of sp³-hybridized carbons (Fsp3) is 0.364. The van der Waals surface area contributed by atoms with Crippen LogP contribution in [-0.4, -0.2) is 43.8 Å². The SMILES string of the molecule is CN1CCC(NS(=O)(=O)c2ccc([N+](=O)[O-])c(F)c2)C1=O. The number of likely N-dealkylation sites (N-methyl/N-ethyl adjacent to an activating group) is 1. The van der Waals surface area contributed by atoms with Crippen molar-refractivity contribution in [3.63, 3.8) is 0 Å². The molecule has 0 spiro atoms. The molecule has 0 aromatic heterocycles. The van der Waals surface area contributed by atoms with E-state index in [2.05, 4.69) is 4.72 Å². The number of rotatable bonds is 4. The van der Waals surface area contributed by atoms with Crippen molar-refractivity contribution >= 4 is 21.6 Å². The van der Waals surface area contributed by atoms with Crippen LogP contribution in [0.4, 0.5) is 10.1 Å². The zero-order valence-corrected chi connectivity index (χ0v) is 11.8. The van der Waals surface area contributed by atoms with Crippen LogP contribution in [0.3, 0.4) is 0 Å². The minimum Gasteiger partial charge on any atom is -0.344 e. The summed E-state index contributed by atoms with van der Waals surface area (Å²) >= 11 is 0. The van der Waals surface area contributed by atoms with Crippen molar-refractivity contribution in [1.82, 2.24) is 9.62 Å². The summed E-state index contributed by atoms with van der Waals surface area (Å²) < 4.78 is 39.8. The van der Waals surface area contributed by atoms with Crippen LogP contribution >= 0.6 is 0 Å². The van der Waals surface area contributed by atoms with Crippen LogP contribution < -0.4 is 4.72 Å². The normalized spacial score (nSPS) is 19.0. The van der Waals surface area contributed by atoms with Crippen molar-refractivity contribution in [3.8, 4) is 0 Å². The van der Waals surface area contributed by atoms with Crippen molar-refractivity contribution in [2.75, 3.05) is 13.6 Å². The van der Waals surface area contributed by atoms with Gasteiger partial charge in [-0.15, -0.1) is 0 Å². The van der Waals surface area contributed by atoms with Crippen molar-refractivity contribution in [2.45, 2.75) is 17.4 Å². The number of likely N-dealkylation sites (tertiary alicyclic amines) is 1. The lowest BCUT2D eigenvalue weighted by atomic mass is 10.3. The molecule has 0 aliphatic carbocycles. The second kappa shape index (κ2) is 5.37. The van der Waals surface area contributed by atoms with E-state index in [-0.39, 0.29) is 5.91 Å². The van der Waals surface area contributed by atoms with Crippen LogP contribution in [0, 0.1) is 15.9 Å². The van der Waals surface area contributed by atoms with E-state index in [0.29, 0.717) is 19.0 Å². The van der Waals surface area contributed by atoms with Crippen LogP contribution in [0.25, 0.3) is 0 Å². The summed E-state index contributed by atoms with van der Waals surface area (Å²) in [5.41, 5.74) is -0.814. The number of nitrogens with one attached hydrogen (secondary N) is 1. The van der Waals surface area contributed by atoms with Gasteiger partial charge in [0.1, 0.15) is 6.04 Å². The molecule has 1 N–H and O–H groups in total. The summed E-state index contributed by atoms with van der Waals surface area (Å²) in [5.74, 6) is -1.63. The maximum atomic E-state index is 13.5. The Bertz CT molecular complexity index is 706. The minimum absolute atomic E-state index is 0.310. The number of nitro groups is 1. The quantitative estimate of drug-likeness (QED) is 0.632. The number of carbonyl (C=O) groups excluding carboxylic acids is 1. The van der Waals surface area contributed by atoms with Gasteiger partial charge in [-0.25, -0.2) is 8.42 Å². The summed E-state index contributed by atoms with van der Waals surface area (Å²) in [4.78, 5) is 22.1. The number of amides is 1. The second-order valence-corrected chi connectivity index (χ2v) is 6.31. The minimum atomic E-state index is -4.13. The number of hydrogen-bond donors (Lipinski definition) is 1. The number of carbonyl (C=O) groups is 1. The van der Waals surface area contributed by atoms with Gasteiger partial charge in [0.15, 0.2) is 0 Å². The van der Waals surface area contributed by atoms with Crippen LogP contribution in [0.15, 0.2) is 23.1 Å². The number of halogens is 1. The highest BCUT2D eigenvalue weighted by Gasteiger charge is 2.33. The number of nitrogens with zero attached hydrogens (tertiary/aromatic N) is 2. The number of sulfonamides is 1. The van der Waals surface area contributed by atoms with Gasteiger partial charge >= 0.3 is 5.69 Å². The molecule has 1 aromatic carbocycles. The average molecular weight is 317 g/mol. The van der Waals surface area contributed by atoms with E-state index in [9.17, 15) is 27.7 Å². The lowest BCUT2D eigenvalue weighted by molar-refractivity contribution is -0.387. The van der Waals surface area contributed by atoms with Crippen molar-refractivity contribution in [2.24, 2.45) is 0 Å². The second-order valence-electron chi connectivity index (χ2n) is 4.59. The molecule has 1 fully saturated rings. The largest absolute Gasteiger partial charge is 0.344 e. The van der Waals surface area contributed by atoms with E-state index >= 15 is 0 Å². The summed E-state index contributed by atoms with van der Waals surface area (Å²) in [5, 5.41) is 10.5. The first-order valence-electron chi connectivity index (χ1n) is 5.93. The van der Waals surface area contributed by atoms with Crippen LogP contribution in [0.5, 0.6) is 0 Å². The van der Waals surface area contributed by atoms with Crippen LogP contribution in [-0.2, 0) is 14.8 Å². The van der Waals surface area contributed by atoms with Gasteiger partial charge in [-0.2, -0.15) is 9.11 Å². The molecule has 1 saturated heterocycles. The summed E-state index contributed by atoms with van der Waals surface area (Å²) in [6.07, 6.45) is 0.310. The Morgan fingerprint density at radius 2 is 2.14 bits per heavy atom. The van der Waals surface area contributed by atoms with Crippen molar-refractivity contribution < 1.29 is 22.5 Å². The van der Waals surface area contributed by atoms with Gasteiger partial charge in [-0.1, -0.05) is 0 Å². The van der Waals surface area contributed by atoms with Gasteiger partial charge in [0, 0.05) is 25.7 Å². The van der Waals surface area contributed by atoms with E-state index in [1.807, 2.05) is 0 Å². The molecule has 2 rings (SSSR count). The molecular formula is C11H12FN3O5S. The molecule has 0 radical (unpaired) electrons. The first-order chi connectivity index (χ1) is 9.72. The highest BCUT2D eigenvalue weighted by atomic mass is 32.2. The molecule has 1 aromatic rings. The topological polar surface area (TPSA) is 110 Å². The number of benzene rings is 1. The van der Waals surface area contributed by atoms with E-state index in [4.69, 9.17) is 0 Å². The fourth-order valence-corrected chi connectivity index (χ4v) is 3.23. The van der Waals surface area contributed by atoms with Crippen LogP contribution in [0.2, 0.25) is 0 Å². The molecule has 21 heavy (non-hydrogen) atoms. The smallest absolute Gasteiger partial charge is 0.304 e. The zero-order chi connectivity index (χ0) is 15.8. The zero-order valence-electron chi connectivity index (χ0n) is 10.9. The first-order valence-corrected chi connectivity index (χ1v) is 7.42.